The quantitative estimate of drug-likeness (QED) is 0.839. The minimum Gasteiger partial charge on any atom is -0.378 e. The first kappa shape index (κ1) is 20.7. The maximum absolute atomic E-state index is 12.8. The van der Waals surface area contributed by atoms with Gasteiger partial charge in [-0.3, -0.25) is 9.59 Å². The molecule has 3 rings (SSSR count). The first-order valence-electron chi connectivity index (χ1n) is 8.83. The van der Waals surface area contributed by atoms with E-state index in [4.69, 9.17) is 10.5 Å². The average Bonchev–Trinajstić information content (AvgIpc) is 2.97. The van der Waals surface area contributed by atoms with Crippen LogP contribution >= 0.6 is 12.4 Å². The molecule has 0 spiro atoms. The molecule has 0 aromatic heterocycles. The van der Waals surface area contributed by atoms with Gasteiger partial charge < -0.3 is 20.7 Å². The van der Waals surface area contributed by atoms with Crippen molar-refractivity contribution in [3.8, 4) is 0 Å². The molecule has 2 unspecified atom stereocenters. The van der Waals surface area contributed by atoms with Crippen molar-refractivity contribution in [2.75, 3.05) is 23.4 Å². The smallest absolute Gasteiger partial charge is 0.245 e. The van der Waals surface area contributed by atoms with E-state index in [9.17, 15) is 9.59 Å². The van der Waals surface area contributed by atoms with Gasteiger partial charge in [-0.25, -0.2) is 0 Å². The lowest BCUT2D eigenvalue weighted by molar-refractivity contribution is -0.166. The zero-order chi connectivity index (χ0) is 18.4. The summed E-state index contributed by atoms with van der Waals surface area (Å²) in [6.45, 7) is 8.76. The third-order valence-electron chi connectivity index (χ3n) is 5.85. The molecule has 1 heterocycles. The van der Waals surface area contributed by atoms with Crippen molar-refractivity contribution in [3.05, 3.63) is 23.8 Å². The van der Waals surface area contributed by atoms with Gasteiger partial charge in [-0.2, -0.15) is 0 Å². The molecule has 1 fully saturated rings. The van der Waals surface area contributed by atoms with E-state index in [0.29, 0.717) is 19.6 Å². The molecule has 2 aliphatic rings. The van der Waals surface area contributed by atoms with E-state index in [2.05, 4.69) is 5.32 Å². The SMILES string of the molecule is CCOC1CC(N)(C(=O)Nc2ccc3c(c2)CCN3C(C)=O)C1(C)C.Cl. The molecule has 1 aliphatic carbocycles. The number of fused-ring (bicyclic) bond motifs is 1. The topological polar surface area (TPSA) is 84.7 Å². The largest absolute Gasteiger partial charge is 0.378 e. The Kier molecular flexibility index (Phi) is 5.71. The van der Waals surface area contributed by atoms with Gasteiger partial charge in [0.1, 0.15) is 5.54 Å². The molecule has 2 amide bonds. The predicted octanol–water partition coefficient (Wildman–Crippen LogP) is 2.49. The summed E-state index contributed by atoms with van der Waals surface area (Å²) in [6.07, 6.45) is 1.31. The number of carbonyl (C=O) groups is 2. The maximum atomic E-state index is 12.8. The van der Waals surface area contributed by atoms with Gasteiger partial charge in [0.25, 0.3) is 0 Å². The number of carbonyl (C=O) groups excluding carboxylic acids is 2. The highest BCUT2D eigenvalue weighted by Crippen LogP contribution is 2.50. The molecule has 2 atom stereocenters. The van der Waals surface area contributed by atoms with Gasteiger partial charge in [0.05, 0.1) is 6.10 Å². The Hall–Kier alpha value is -1.63. The standard InChI is InChI=1S/C19H27N3O3.ClH/c1-5-25-16-11-19(20,18(16,3)4)17(24)21-14-6-7-15-13(10-14)8-9-22(15)12(2)23;/h6-7,10,16H,5,8-9,11,20H2,1-4H3,(H,21,24);1H. The number of hydrogen-bond acceptors (Lipinski definition) is 4. The van der Waals surface area contributed by atoms with Crippen molar-refractivity contribution < 1.29 is 14.3 Å². The van der Waals surface area contributed by atoms with E-state index in [1.54, 1.807) is 11.8 Å². The Labute approximate surface area is 160 Å². The van der Waals surface area contributed by atoms with Crippen LogP contribution in [0, 0.1) is 5.41 Å². The van der Waals surface area contributed by atoms with Crippen molar-refractivity contribution in [2.24, 2.45) is 11.1 Å². The van der Waals surface area contributed by atoms with Crippen molar-refractivity contribution in [1.29, 1.82) is 0 Å². The number of rotatable bonds is 4. The normalized spacial score (nSPS) is 25.7. The number of amides is 2. The van der Waals surface area contributed by atoms with Crippen molar-refractivity contribution in [3.63, 3.8) is 0 Å². The van der Waals surface area contributed by atoms with Crippen LogP contribution in [-0.4, -0.2) is 36.6 Å². The van der Waals surface area contributed by atoms with E-state index >= 15 is 0 Å². The number of hydrogen-bond donors (Lipinski definition) is 2. The highest BCUT2D eigenvalue weighted by atomic mass is 35.5. The number of halogens is 1. The van der Waals surface area contributed by atoms with E-state index in [1.807, 2.05) is 39.0 Å². The number of anilines is 2. The lowest BCUT2D eigenvalue weighted by atomic mass is 9.54. The second kappa shape index (κ2) is 7.18. The summed E-state index contributed by atoms with van der Waals surface area (Å²) in [4.78, 5) is 26.2. The molecule has 1 aromatic carbocycles. The highest BCUT2D eigenvalue weighted by Gasteiger charge is 2.62. The van der Waals surface area contributed by atoms with Gasteiger partial charge in [0.2, 0.25) is 11.8 Å². The molecule has 144 valence electrons. The molecule has 0 radical (unpaired) electrons. The van der Waals surface area contributed by atoms with Gasteiger partial charge in [-0.15, -0.1) is 12.4 Å². The fraction of sp³-hybridized carbons (Fsp3) is 0.579. The second-order valence-electron chi connectivity index (χ2n) is 7.56. The van der Waals surface area contributed by atoms with Crippen LogP contribution in [0.5, 0.6) is 0 Å². The van der Waals surface area contributed by atoms with Crippen LogP contribution in [0.4, 0.5) is 11.4 Å². The van der Waals surface area contributed by atoms with Crippen molar-refractivity contribution in [1.82, 2.24) is 0 Å². The van der Waals surface area contributed by atoms with Crippen LogP contribution in [0.3, 0.4) is 0 Å². The summed E-state index contributed by atoms with van der Waals surface area (Å²) >= 11 is 0. The molecular formula is C19H28ClN3O3. The number of nitrogens with one attached hydrogen (secondary N) is 1. The first-order chi connectivity index (χ1) is 11.7. The van der Waals surface area contributed by atoms with Crippen LogP contribution in [0.2, 0.25) is 0 Å². The Morgan fingerprint density at radius 2 is 2.08 bits per heavy atom. The van der Waals surface area contributed by atoms with Crippen LogP contribution in [0.1, 0.15) is 39.7 Å². The highest BCUT2D eigenvalue weighted by molar-refractivity contribution is 6.00. The molecule has 7 heteroatoms. The van der Waals surface area contributed by atoms with Crippen LogP contribution < -0.4 is 16.0 Å². The zero-order valence-electron chi connectivity index (χ0n) is 15.8. The summed E-state index contributed by atoms with van der Waals surface area (Å²) in [5.74, 6) is -0.149. The van der Waals surface area contributed by atoms with Crippen LogP contribution in [-0.2, 0) is 20.7 Å². The number of nitrogens with zero attached hydrogens (tertiary/aromatic N) is 1. The fourth-order valence-electron chi connectivity index (χ4n) is 3.87. The molecule has 6 nitrogen and oxygen atoms in total. The fourth-order valence-corrected chi connectivity index (χ4v) is 3.87. The van der Waals surface area contributed by atoms with Gasteiger partial charge in [0.15, 0.2) is 0 Å². The third kappa shape index (κ3) is 3.10. The average molecular weight is 382 g/mol. The Morgan fingerprint density at radius 1 is 1.38 bits per heavy atom. The number of ether oxygens (including phenoxy) is 1. The third-order valence-corrected chi connectivity index (χ3v) is 5.85. The second-order valence-corrected chi connectivity index (χ2v) is 7.56. The maximum Gasteiger partial charge on any atom is 0.245 e. The number of nitrogens with two attached hydrogens (primary N) is 1. The first-order valence-corrected chi connectivity index (χ1v) is 8.83. The van der Waals surface area contributed by atoms with E-state index < -0.39 is 11.0 Å². The lowest BCUT2D eigenvalue weighted by Crippen LogP contribution is -2.74. The Balaban J connectivity index is 0.00000243. The molecule has 1 aromatic rings. The summed E-state index contributed by atoms with van der Waals surface area (Å²) in [5, 5.41) is 2.95. The Morgan fingerprint density at radius 3 is 2.65 bits per heavy atom. The summed E-state index contributed by atoms with van der Waals surface area (Å²) in [5.41, 5.74) is 7.76. The molecule has 3 N–H and O–H groups in total. The lowest BCUT2D eigenvalue weighted by Gasteiger charge is -2.57. The molecule has 0 saturated heterocycles. The van der Waals surface area contributed by atoms with Crippen molar-refractivity contribution >= 4 is 35.6 Å². The van der Waals surface area contributed by atoms with Crippen LogP contribution in [0.15, 0.2) is 18.2 Å². The van der Waals surface area contributed by atoms with Gasteiger partial charge in [-0.05, 0) is 37.1 Å². The molecule has 1 saturated carbocycles. The van der Waals surface area contributed by atoms with E-state index in [-0.39, 0.29) is 30.3 Å². The minimum absolute atomic E-state index is 0. The van der Waals surface area contributed by atoms with Crippen LogP contribution in [0.25, 0.3) is 0 Å². The monoisotopic (exact) mass is 381 g/mol. The zero-order valence-corrected chi connectivity index (χ0v) is 16.6. The summed E-state index contributed by atoms with van der Waals surface area (Å²) in [7, 11) is 0. The van der Waals surface area contributed by atoms with Gasteiger partial charge in [0, 0.05) is 43.3 Å². The molecule has 0 bridgehead atoms. The minimum atomic E-state index is -0.947. The summed E-state index contributed by atoms with van der Waals surface area (Å²) in [6, 6.07) is 5.65. The summed E-state index contributed by atoms with van der Waals surface area (Å²) < 4.78 is 5.69. The van der Waals surface area contributed by atoms with Crippen molar-refractivity contribution in [2.45, 2.75) is 52.2 Å². The van der Waals surface area contributed by atoms with E-state index in [1.165, 1.54) is 0 Å². The Bertz CT molecular complexity index is 722. The predicted molar refractivity (Wildman–Crippen MR) is 105 cm³/mol. The number of benzene rings is 1. The molecule has 26 heavy (non-hydrogen) atoms. The van der Waals surface area contributed by atoms with Gasteiger partial charge >= 0.3 is 0 Å². The molecular weight excluding hydrogens is 354 g/mol. The van der Waals surface area contributed by atoms with Gasteiger partial charge in [-0.1, -0.05) is 13.8 Å². The molecule has 1 aliphatic heterocycles. The van der Waals surface area contributed by atoms with E-state index in [0.717, 1.165) is 23.4 Å².